The molecular weight excluding hydrogens is 190 g/mol. The molecule has 0 unspecified atom stereocenters. The van der Waals surface area contributed by atoms with Gasteiger partial charge in [0.1, 0.15) is 5.58 Å². The van der Waals surface area contributed by atoms with E-state index in [0.29, 0.717) is 5.58 Å². The van der Waals surface area contributed by atoms with Gasteiger partial charge in [-0.1, -0.05) is 0 Å². The summed E-state index contributed by atoms with van der Waals surface area (Å²) in [4.78, 5) is 11.2. The Labute approximate surface area is 86.7 Å². The molecule has 2 aromatic rings. The fraction of sp³-hybridized carbons (Fsp3) is 0.250. The van der Waals surface area contributed by atoms with Gasteiger partial charge in [0.15, 0.2) is 0 Å². The van der Waals surface area contributed by atoms with E-state index in [1.165, 1.54) is 11.6 Å². The van der Waals surface area contributed by atoms with E-state index in [4.69, 9.17) is 4.42 Å². The van der Waals surface area contributed by atoms with Gasteiger partial charge in [0.05, 0.1) is 0 Å². The molecule has 1 aliphatic heterocycles. The minimum atomic E-state index is -0.280. The first-order valence-electron chi connectivity index (χ1n) is 5.05. The molecule has 0 amide bonds. The van der Waals surface area contributed by atoms with Crippen LogP contribution in [0, 0.1) is 6.92 Å². The third-order valence-corrected chi connectivity index (χ3v) is 2.88. The Balaban J connectivity index is 2.43. The quantitative estimate of drug-likeness (QED) is 0.663. The number of rotatable bonds is 0. The number of anilines is 1. The normalized spacial score (nSPS) is 13.9. The van der Waals surface area contributed by atoms with E-state index < -0.39 is 0 Å². The first-order valence-corrected chi connectivity index (χ1v) is 5.05. The minimum absolute atomic E-state index is 0.280. The molecule has 0 fully saturated rings. The van der Waals surface area contributed by atoms with Crippen LogP contribution < -0.4 is 10.9 Å². The molecule has 0 aliphatic carbocycles. The van der Waals surface area contributed by atoms with Crippen LogP contribution in [0.25, 0.3) is 11.0 Å². The average molecular weight is 201 g/mol. The average Bonchev–Trinajstić information content (AvgIpc) is 2.61. The van der Waals surface area contributed by atoms with Crippen LogP contribution in [0.2, 0.25) is 0 Å². The standard InChI is InChI=1S/C12H11NO2/c1-7-4-12(14)15-11-6-10-8(2-3-13-10)5-9(7)11/h4-6,13H,2-3H2,1H3. The van der Waals surface area contributed by atoms with Gasteiger partial charge in [-0.2, -0.15) is 0 Å². The molecular formula is C12H11NO2. The Morgan fingerprint density at radius 1 is 1.33 bits per heavy atom. The second kappa shape index (κ2) is 2.86. The van der Waals surface area contributed by atoms with Crippen molar-refractivity contribution in [2.75, 3.05) is 11.9 Å². The van der Waals surface area contributed by atoms with E-state index in [1.54, 1.807) is 0 Å². The highest BCUT2D eigenvalue weighted by atomic mass is 16.4. The van der Waals surface area contributed by atoms with Crippen molar-refractivity contribution in [3.05, 3.63) is 39.7 Å². The van der Waals surface area contributed by atoms with Gasteiger partial charge in [-0.05, 0) is 30.5 Å². The first kappa shape index (κ1) is 8.53. The summed E-state index contributed by atoms with van der Waals surface area (Å²) in [6.45, 7) is 2.91. The molecule has 1 aromatic heterocycles. The lowest BCUT2D eigenvalue weighted by molar-refractivity contribution is 0.560. The van der Waals surface area contributed by atoms with Crippen LogP contribution in [-0.4, -0.2) is 6.54 Å². The van der Waals surface area contributed by atoms with Crippen molar-refractivity contribution in [1.82, 2.24) is 0 Å². The molecule has 1 aliphatic rings. The van der Waals surface area contributed by atoms with Crippen molar-refractivity contribution >= 4 is 16.7 Å². The van der Waals surface area contributed by atoms with Crippen molar-refractivity contribution in [3.63, 3.8) is 0 Å². The van der Waals surface area contributed by atoms with Crippen molar-refractivity contribution < 1.29 is 4.42 Å². The number of aryl methyl sites for hydroxylation is 1. The summed E-state index contributed by atoms with van der Waals surface area (Å²) in [5.41, 5.74) is 3.78. The molecule has 3 nitrogen and oxygen atoms in total. The third-order valence-electron chi connectivity index (χ3n) is 2.88. The Kier molecular flexibility index (Phi) is 1.63. The summed E-state index contributed by atoms with van der Waals surface area (Å²) < 4.78 is 5.17. The molecule has 15 heavy (non-hydrogen) atoms. The number of nitrogens with one attached hydrogen (secondary N) is 1. The van der Waals surface area contributed by atoms with Crippen LogP contribution in [0.1, 0.15) is 11.1 Å². The molecule has 3 heteroatoms. The predicted octanol–water partition coefficient (Wildman–Crippen LogP) is 2.07. The van der Waals surface area contributed by atoms with Gasteiger partial charge in [-0.15, -0.1) is 0 Å². The Morgan fingerprint density at radius 3 is 3.07 bits per heavy atom. The van der Waals surface area contributed by atoms with Gasteiger partial charge < -0.3 is 9.73 Å². The van der Waals surface area contributed by atoms with Gasteiger partial charge in [-0.25, -0.2) is 4.79 Å². The van der Waals surface area contributed by atoms with Crippen molar-refractivity contribution in [2.24, 2.45) is 0 Å². The van der Waals surface area contributed by atoms with E-state index in [0.717, 1.165) is 29.6 Å². The van der Waals surface area contributed by atoms with Crippen LogP contribution in [0.3, 0.4) is 0 Å². The van der Waals surface area contributed by atoms with Gasteiger partial charge in [0.25, 0.3) is 0 Å². The summed E-state index contributed by atoms with van der Waals surface area (Å²) in [6.07, 6.45) is 1.05. The van der Waals surface area contributed by atoms with Crippen LogP contribution in [0.15, 0.2) is 27.4 Å². The zero-order chi connectivity index (χ0) is 10.4. The monoisotopic (exact) mass is 201 g/mol. The number of benzene rings is 1. The van der Waals surface area contributed by atoms with E-state index in [2.05, 4.69) is 11.4 Å². The maximum atomic E-state index is 11.2. The van der Waals surface area contributed by atoms with E-state index in [1.807, 2.05) is 13.0 Å². The third kappa shape index (κ3) is 1.23. The summed E-state index contributed by atoms with van der Waals surface area (Å²) in [5.74, 6) is 0. The molecule has 76 valence electrons. The van der Waals surface area contributed by atoms with E-state index >= 15 is 0 Å². The van der Waals surface area contributed by atoms with Crippen molar-refractivity contribution in [3.8, 4) is 0 Å². The largest absolute Gasteiger partial charge is 0.423 e. The summed E-state index contributed by atoms with van der Waals surface area (Å²) in [5, 5.41) is 4.31. The molecule has 2 heterocycles. The highest BCUT2D eigenvalue weighted by Gasteiger charge is 2.13. The second-order valence-corrected chi connectivity index (χ2v) is 3.93. The zero-order valence-electron chi connectivity index (χ0n) is 8.46. The summed E-state index contributed by atoms with van der Waals surface area (Å²) in [6, 6.07) is 5.58. The fourth-order valence-corrected chi connectivity index (χ4v) is 2.11. The van der Waals surface area contributed by atoms with Gasteiger partial charge in [0.2, 0.25) is 0 Å². The lowest BCUT2D eigenvalue weighted by atomic mass is 10.1. The van der Waals surface area contributed by atoms with Gasteiger partial charge in [0, 0.05) is 29.8 Å². The van der Waals surface area contributed by atoms with E-state index in [-0.39, 0.29) is 5.63 Å². The molecule has 0 saturated carbocycles. The Bertz CT molecular complexity index is 598. The molecule has 1 aromatic carbocycles. The summed E-state index contributed by atoms with van der Waals surface area (Å²) >= 11 is 0. The molecule has 0 saturated heterocycles. The Morgan fingerprint density at radius 2 is 2.20 bits per heavy atom. The first-order chi connectivity index (χ1) is 7.24. The van der Waals surface area contributed by atoms with Crippen LogP contribution in [0.4, 0.5) is 5.69 Å². The van der Waals surface area contributed by atoms with Crippen molar-refractivity contribution in [1.29, 1.82) is 0 Å². The second-order valence-electron chi connectivity index (χ2n) is 3.93. The highest BCUT2D eigenvalue weighted by Crippen LogP contribution is 2.28. The maximum Gasteiger partial charge on any atom is 0.336 e. The molecule has 3 rings (SSSR count). The molecule has 0 radical (unpaired) electrons. The summed E-state index contributed by atoms with van der Waals surface area (Å²) in [7, 11) is 0. The lowest BCUT2D eigenvalue weighted by Crippen LogP contribution is -1.98. The van der Waals surface area contributed by atoms with Gasteiger partial charge in [-0.3, -0.25) is 0 Å². The lowest BCUT2D eigenvalue weighted by Gasteiger charge is -2.04. The van der Waals surface area contributed by atoms with Crippen LogP contribution >= 0.6 is 0 Å². The molecule has 0 spiro atoms. The van der Waals surface area contributed by atoms with Gasteiger partial charge >= 0.3 is 5.63 Å². The molecule has 1 N–H and O–H groups in total. The SMILES string of the molecule is Cc1cc(=O)oc2cc3c(cc12)CCN3. The molecule has 0 bridgehead atoms. The Hall–Kier alpha value is -1.77. The maximum absolute atomic E-state index is 11.2. The number of hydrogen-bond acceptors (Lipinski definition) is 3. The zero-order valence-corrected chi connectivity index (χ0v) is 8.46. The number of fused-ring (bicyclic) bond motifs is 2. The number of hydrogen-bond donors (Lipinski definition) is 1. The van der Waals surface area contributed by atoms with Crippen LogP contribution in [0.5, 0.6) is 0 Å². The molecule has 0 atom stereocenters. The van der Waals surface area contributed by atoms with Crippen molar-refractivity contribution in [2.45, 2.75) is 13.3 Å². The predicted molar refractivity (Wildman–Crippen MR) is 59.4 cm³/mol. The smallest absolute Gasteiger partial charge is 0.336 e. The fourth-order valence-electron chi connectivity index (χ4n) is 2.11. The van der Waals surface area contributed by atoms with E-state index in [9.17, 15) is 4.79 Å². The minimum Gasteiger partial charge on any atom is -0.423 e. The highest BCUT2D eigenvalue weighted by molar-refractivity contribution is 5.85. The topological polar surface area (TPSA) is 42.2 Å². The van der Waals surface area contributed by atoms with Crippen LogP contribution in [-0.2, 0) is 6.42 Å².